The van der Waals surface area contributed by atoms with Crippen LogP contribution < -0.4 is 5.32 Å². The Hall–Kier alpha value is -8.34. The number of aromatic nitrogens is 1. The van der Waals surface area contributed by atoms with Gasteiger partial charge in [-0.25, -0.2) is 9.98 Å². The molecule has 2 heterocycles. The van der Waals surface area contributed by atoms with Crippen LogP contribution in [0.3, 0.4) is 0 Å². The highest BCUT2D eigenvalue weighted by molar-refractivity contribution is 6.22. The first-order valence-corrected chi connectivity index (χ1v) is 22.0. The summed E-state index contributed by atoms with van der Waals surface area (Å²) in [6.45, 7) is 0. The summed E-state index contributed by atoms with van der Waals surface area (Å²) < 4.78 is 2.52. The molecule has 0 saturated carbocycles. The van der Waals surface area contributed by atoms with Gasteiger partial charge in [0.25, 0.3) is 0 Å². The first-order valence-electron chi connectivity index (χ1n) is 22.0. The third kappa shape index (κ3) is 5.29. The maximum atomic E-state index is 5.24. The molecule has 1 atom stereocenters. The van der Waals surface area contributed by atoms with E-state index in [-0.39, 0.29) is 6.17 Å². The highest BCUT2D eigenvalue weighted by atomic mass is 15.2. The maximum absolute atomic E-state index is 5.24. The fourth-order valence-corrected chi connectivity index (χ4v) is 10.9. The van der Waals surface area contributed by atoms with E-state index in [1.807, 2.05) is 24.3 Å². The molecular formula is C60H40N4. The number of hydrogen-bond acceptors (Lipinski definition) is 3. The topological polar surface area (TPSA) is 41.7 Å². The summed E-state index contributed by atoms with van der Waals surface area (Å²) in [5.41, 5.74) is 13.4. The van der Waals surface area contributed by atoms with Crippen molar-refractivity contribution in [2.45, 2.75) is 11.6 Å². The molecule has 0 spiro atoms. The van der Waals surface area contributed by atoms with Gasteiger partial charge in [-0.2, -0.15) is 0 Å². The van der Waals surface area contributed by atoms with Crippen molar-refractivity contribution in [1.82, 2.24) is 9.88 Å². The number of benzene rings is 10. The quantitative estimate of drug-likeness (QED) is 0.167. The van der Waals surface area contributed by atoms with Gasteiger partial charge < -0.3 is 9.88 Å². The van der Waals surface area contributed by atoms with Crippen LogP contribution in [0.25, 0.3) is 60.2 Å². The number of nitrogens with zero attached hydrogens (tertiary/aromatic N) is 3. The van der Waals surface area contributed by atoms with Gasteiger partial charge in [-0.15, -0.1) is 0 Å². The van der Waals surface area contributed by atoms with Crippen molar-refractivity contribution in [3.8, 4) is 16.8 Å². The van der Waals surface area contributed by atoms with E-state index >= 15 is 0 Å². The van der Waals surface area contributed by atoms with Crippen LogP contribution in [0.15, 0.2) is 241 Å². The second-order valence-corrected chi connectivity index (χ2v) is 16.8. The molecule has 1 N–H and O–H groups in total. The van der Waals surface area contributed by atoms with Crippen molar-refractivity contribution in [2.24, 2.45) is 9.98 Å². The first kappa shape index (κ1) is 36.3. The molecule has 1 aliphatic heterocycles. The van der Waals surface area contributed by atoms with E-state index < -0.39 is 5.41 Å². The lowest BCUT2D eigenvalue weighted by molar-refractivity contribution is 0.674. The lowest BCUT2D eigenvalue weighted by atomic mass is 9.66. The second-order valence-electron chi connectivity index (χ2n) is 16.8. The average molecular weight is 817 g/mol. The molecule has 300 valence electrons. The van der Waals surface area contributed by atoms with Gasteiger partial charge in [0.05, 0.1) is 16.4 Å². The van der Waals surface area contributed by atoms with E-state index in [0.29, 0.717) is 5.84 Å². The van der Waals surface area contributed by atoms with Gasteiger partial charge in [-0.1, -0.05) is 212 Å². The van der Waals surface area contributed by atoms with E-state index in [2.05, 4.69) is 216 Å². The molecule has 13 rings (SSSR count). The molecule has 0 saturated heterocycles. The highest BCUT2D eigenvalue weighted by Crippen LogP contribution is 2.62. The fourth-order valence-electron chi connectivity index (χ4n) is 10.9. The largest absolute Gasteiger partial charge is 0.344 e. The summed E-state index contributed by atoms with van der Waals surface area (Å²) >= 11 is 0. The summed E-state index contributed by atoms with van der Waals surface area (Å²) in [5.74, 6) is 1.49. The number of fused-ring (bicyclic) bond motifs is 12. The Kier molecular flexibility index (Phi) is 8.16. The molecule has 11 aromatic rings. The predicted octanol–water partition coefficient (Wildman–Crippen LogP) is 13.9. The molecule has 0 bridgehead atoms. The third-order valence-electron chi connectivity index (χ3n) is 13.5. The Labute approximate surface area is 371 Å². The zero-order chi connectivity index (χ0) is 42.2. The molecule has 64 heavy (non-hydrogen) atoms. The molecule has 4 heteroatoms. The average Bonchev–Trinajstić information content (AvgIpc) is 3.89. The smallest absolute Gasteiger partial charge is 0.159 e. The van der Waals surface area contributed by atoms with Crippen LogP contribution in [-0.2, 0) is 5.41 Å². The van der Waals surface area contributed by atoms with Gasteiger partial charge in [0, 0.05) is 33.2 Å². The van der Waals surface area contributed by atoms with E-state index in [4.69, 9.17) is 9.98 Å². The maximum Gasteiger partial charge on any atom is 0.159 e. The van der Waals surface area contributed by atoms with E-state index in [1.165, 1.54) is 71.2 Å². The molecule has 0 fully saturated rings. The van der Waals surface area contributed by atoms with Crippen LogP contribution in [0, 0.1) is 0 Å². The second kappa shape index (κ2) is 14.4. The number of rotatable bonds is 6. The number of hydrogen-bond donors (Lipinski definition) is 1. The van der Waals surface area contributed by atoms with Crippen LogP contribution in [-0.4, -0.2) is 16.2 Å². The summed E-state index contributed by atoms with van der Waals surface area (Å²) in [7, 11) is 0. The molecule has 10 aromatic carbocycles. The molecule has 1 aromatic heterocycles. The number of para-hydroxylation sites is 1. The number of amidine groups is 2. The Bertz CT molecular complexity index is 3640. The van der Waals surface area contributed by atoms with Crippen molar-refractivity contribution >= 4 is 55.0 Å². The first-order chi connectivity index (χ1) is 31.8. The van der Waals surface area contributed by atoms with Crippen molar-refractivity contribution in [3.63, 3.8) is 0 Å². The minimum Gasteiger partial charge on any atom is -0.344 e. The Morgan fingerprint density at radius 2 is 1.00 bits per heavy atom. The van der Waals surface area contributed by atoms with Gasteiger partial charge in [-0.3, -0.25) is 0 Å². The normalized spacial score (nSPS) is 15.2. The van der Waals surface area contributed by atoms with Gasteiger partial charge in [0.2, 0.25) is 0 Å². The standard InChI is InChI=1S/C60H40N4/c1-5-20-39(21-6-1)57-61-58(40-22-7-2-8-23-40)63-59(62-57)41-24-19-29-44(38-41)64-52-35-18-17-32-47(52)50-36-37-51-53-48-33-15-13-30-45(48)46-31-14-16-34-49(46)54(53)60(55(51)56(50)64,42-25-9-3-10-26-42)43-27-11-4-12-28-43/h1-38,57H,(H,61,62,63). The number of aliphatic imine (C=N–C) groups is 2. The molecule has 2 aliphatic rings. The minimum atomic E-state index is -0.682. The predicted molar refractivity (Wildman–Crippen MR) is 265 cm³/mol. The Morgan fingerprint density at radius 1 is 0.438 bits per heavy atom. The summed E-state index contributed by atoms with van der Waals surface area (Å²) in [6.07, 6.45) is -0.301. The van der Waals surface area contributed by atoms with E-state index in [0.717, 1.165) is 33.7 Å². The van der Waals surface area contributed by atoms with Crippen molar-refractivity contribution < 1.29 is 0 Å². The molecule has 0 radical (unpaired) electrons. The van der Waals surface area contributed by atoms with Gasteiger partial charge in [-0.05, 0) is 73.1 Å². The number of nitrogens with one attached hydrogen (secondary N) is 1. The van der Waals surface area contributed by atoms with Gasteiger partial charge in [0.15, 0.2) is 5.84 Å². The molecule has 4 nitrogen and oxygen atoms in total. The van der Waals surface area contributed by atoms with Crippen molar-refractivity contribution in [3.05, 3.63) is 269 Å². The zero-order valence-electron chi connectivity index (χ0n) is 34.9. The van der Waals surface area contributed by atoms with Gasteiger partial charge in [0.1, 0.15) is 12.0 Å². The molecule has 1 aliphatic carbocycles. The summed E-state index contributed by atoms with van der Waals surface area (Å²) in [6, 6.07) is 83.7. The molecular weight excluding hydrogens is 777 g/mol. The van der Waals surface area contributed by atoms with E-state index in [9.17, 15) is 0 Å². The minimum absolute atomic E-state index is 0.301. The van der Waals surface area contributed by atoms with Crippen molar-refractivity contribution in [1.29, 1.82) is 0 Å². The SMILES string of the molecule is c1ccc(C2=NC(c3ccccc3)NC(c3cccc(-n4c5ccccc5c5ccc6c(c54)C(c4ccccc4)(c4ccccc4)c4c-6c5ccccc5c5ccccc45)c3)=N2)cc1. The lowest BCUT2D eigenvalue weighted by Crippen LogP contribution is -2.33. The van der Waals surface area contributed by atoms with Crippen LogP contribution in [0.5, 0.6) is 0 Å². The Balaban J connectivity index is 1.14. The summed E-state index contributed by atoms with van der Waals surface area (Å²) in [5, 5.41) is 11.2. The highest BCUT2D eigenvalue weighted by Gasteiger charge is 2.50. The molecule has 1 unspecified atom stereocenters. The fraction of sp³-hybridized carbons (Fsp3) is 0.0333. The van der Waals surface area contributed by atoms with Crippen LogP contribution >= 0.6 is 0 Å². The zero-order valence-corrected chi connectivity index (χ0v) is 34.9. The van der Waals surface area contributed by atoms with Crippen molar-refractivity contribution in [2.75, 3.05) is 0 Å². The third-order valence-corrected chi connectivity index (χ3v) is 13.5. The van der Waals surface area contributed by atoms with Gasteiger partial charge >= 0.3 is 0 Å². The lowest BCUT2D eigenvalue weighted by Gasteiger charge is -2.35. The van der Waals surface area contributed by atoms with Crippen LogP contribution in [0.4, 0.5) is 0 Å². The molecule has 0 amide bonds. The van der Waals surface area contributed by atoms with Crippen LogP contribution in [0.2, 0.25) is 0 Å². The summed E-state index contributed by atoms with van der Waals surface area (Å²) in [4.78, 5) is 10.4. The van der Waals surface area contributed by atoms with E-state index in [1.54, 1.807) is 0 Å². The Morgan fingerprint density at radius 3 is 1.70 bits per heavy atom. The van der Waals surface area contributed by atoms with Crippen LogP contribution in [0.1, 0.15) is 45.1 Å². The monoisotopic (exact) mass is 816 g/mol.